The molecule has 0 spiro atoms. The predicted octanol–water partition coefficient (Wildman–Crippen LogP) is 5.06. The Morgan fingerprint density at radius 3 is 2.48 bits per heavy atom. The Morgan fingerprint density at radius 2 is 1.85 bits per heavy atom. The number of nitrogens with zero attached hydrogens (tertiary/aromatic N) is 2. The maximum Gasteiger partial charge on any atom is 0.410 e. The van der Waals surface area contributed by atoms with Crippen molar-refractivity contribution in [3.8, 4) is 0 Å². The van der Waals surface area contributed by atoms with Crippen LogP contribution in [0.1, 0.15) is 112 Å². The van der Waals surface area contributed by atoms with E-state index in [9.17, 15) is 35.2 Å². The van der Waals surface area contributed by atoms with Crippen LogP contribution in [0, 0.1) is 17.0 Å². The van der Waals surface area contributed by atoms with Crippen LogP contribution < -0.4 is 0 Å². The van der Waals surface area contributed by atoms with E-state index in [1.807, 2.05) is 27.7 Å². The van der Waals surface area contributed by atoms with Gasteiger partial charge >= 0.3 is 12.1 Å². The predicted molar refractivity (Wildman–Crippen MR) is 198 cm³/mol. The van der Waals surface area contributed by atoms with E-state index in [4.69, 9.17) is 14.2 Å². The molecule has 0 aromatic rings. The summed E-state index contributed by atoms with van der Waals surface area (Å²) in [6.07, 6.45) is 11.6. The first-order valence-corrected chi connectivity index (χ1v) is 19.7. The number of rotatable bonds is 10. The minimum Gasteiger partial charge on any atom is -0.632 e. The van der Waals surface area contributed by atoms with Gasteiger partial charge in [-0.15, -0.1) is 0 Å². The quantitative estimate of drug-likeness (QED) is 0.0452. The van der Waals surface area contributed by atoms with Gasteiger partial charge in [0.2, 0.25) is 0 Å². The molecule has 1 saturated carbocycles. The second-order valence-corrected chi connectivity index (χ2v) is 16.5. The summed E-state index contributed by atoms with van der Waals surface area (Å²) in [5.41, 5.74) is -2.03. The van der Waals surface area contributed by atoms with Crippen molar-refractivity contribution in [3.05, 3.63) is 41.2 Å². The highest BCUT2D eigenvalue weighted by Gasteiger charge is 2.47. The number of hydroxylamine groups is 3. The lowest BCUT2D eigenvalue weighted by Crippen LogP contribution is -2.61. The Labute approximate surface area is 310 Å². The molecule has 4 aliphatic rings. The van der Waals surface area contributed by atoms with Crippen LogP contribution in [0.15, 0.2) is 36.0 Å². The van der Waals surface area contributed by atoms with E-state index in [1.165, 1.54) is 12.8 Å². The first kappa shape index (κ1) is 42.4. The first-order chi connectivity index (χ1) is 24.4. The van der Waals surface area contributed by atoms with Crippen molar-refractivity contribution in [3.63, 3.8) is 0 Å². The van der Waals surface area contributed by atoms with Gasteiger partial charge in [0.15, 0.2) is 6.10 Å². The van der Waals surface area contributed by atoms with Crippen molar-refractivity contribution in [2.45, 2.75) is 166 Å². The molecule has 3 heterocycles. The highest BCUT2D eigenvalue weighted by molar-refractivity contribution is 5.70. The topological polar surface area (TPSA) is 172 Å². The van der Waals surface area contributed by atoms with Gasteiger partial charge < -0.3 is 44.5 Å². The number of ether oxygens (including phenoxy) is 3. The number of cyclic esters (lactones) is 1. The summed E-state index contributed by atoms with van der Waals surface area (Å²) >= 11 is 0. The lowest BCUT2D eigenvalue weighted by atomic mass is 9.88. The minimum absolute atomic E-state index is 0.0218. The molecule has 4 N–H and O–H groups in total. The second kappa shape index (κ2) is 18.3. The van der Waals surface area contributed by atoms with Gasteiger partial charge in [-0.25, -0.2) is 4.79 Å². The molecule has 1 amide bonds. The zero-order valence-corrected chi connectivity index (χ0v) is 32.3. The number of aliphatic hydroxyl groups excluding tert-OH is 2. The SMILES string of the molecule is CC[C@H](O)[C@@H](C)[C@H]1O[C@H]1C[C@@](C)(O)/C=C/C=C(\C)[C@H]1OC(=O)C[C@H](O)CC[C@@](C)(O)[C@@H](OC(=O)N2CC[N+]([O-])(C3CCCCCC3)CC2)/C=C/[C@@H]1C. The summed E-state index contributed by atoms with van der Waals surface area (Å²) in [7, 11) is 0. The number of hydrogen-bond donors (Lipinski definition) is 4. The van der Waals surface area contributed by atoms with Gasteiger partial charge in [-0.1, -0.05) is 57.9 Å². The average Bonchev–Trinajstić information content (AvgIpc) is 3.90. The normalized spacial score (nSPS) is 35.6. The highest BCUT2D eigenvalue weighted by atomic mass is 16.6. The molecule has 3 fully saturated rings. The molecular formula is C40H66N2O10. The molecule has 12 nitrogen and oxygen atoms in total. The van der Waals surface area contributed by atoms with Gasteiger partial charge in [0.1, 0.15) is 11.7 Å². The molecule has 3 aliphatic heterocycles. The second-order valence-electron chi connectivity index (χ2n) is 16.5. The molecule has 12 heteroatoms. The maximum absolute atomic E-state index is 13.7. The van der Waals surface area contributed by atoms with Gasteiger partial charge in [-0.05, 0) is 77.4 Å². The van der Waals surface area contributed by atoms with Crippen molar-refractivity contribution in [2.75, 3.05) is 26.2 Å². The Balaban J connectivity index is 1.43. The number of quaternary nitrogens is 1. The molecule has 0 aromatic carbocycles. The third kappa shape index (κ3) is 11.8. The summed E-state index contributed by atoms with van der Waals surface area (Å²) in [6.45, 7) is 12.0. The first-order valence-electron chi connectivity index (χ1n) is 19.7. The van der Waals surface area contributed by atoms with Crippen molar-refractivity contribution in [1.29, 1.82) is 0 Å². The minimum atomic E-state index is -1.55. The van der Waals surface area contributed by atoms with Crippen LogP contribution in [0.3, 0.4) is 0 Å². The van der Waals surface area contributed by atoms with E-state index in [0.717, 1.165) is 25.7 Å². The van der Waals surface area contributed by atoms with E-state index in [1.54, 1.807) is 49.1 Å². The van der Waals surface area contributed by atoms with Crippen molar-refractivity contribution in [2.24, 2.45) is 11.8 Å². The molecule has 0 unspecified atom stereocenters. The zero-order valence-electron chi connectivity index (χ0n) is 32.3. The maximum atomic E-state index is 13.7. The summed E-state index contributed by atoms with van der Waals surface area (Å²) in [5, 5.41) is 57.2. The van der Waals surface area contributed by atoms with Crippen molar-refractivity contribution in [1.82, 2.24) is 4.90 Å². The fourth-order valence-corrected chi connectivity index (χ4v) is 8.07. The fraction of sp³-hybridized carbons (Fsp3) is 0.800. The van der Waals surface area contributed by atoms with Crippen LogP contribution in [-0.2, 0) is 19.0 Å². The largest absolute Gasteiger partial charge is 0.632 e. The number of epoxide rings is 1. The molecular weight excluding hydrogens is 668 g/mol. The van der Waals surface area contributed by atoms with E-state index >= 15 is 0 Å². The number of allylic oxidation sites excluding steroid dienone is 2. The van der Waals surface area contributed by atoms with Gasteiger partial charge in [0, 0.05) is 18.3 Å². The fourth-order valence-electron chi connectivity index (χ4n) is 8.07. The lowest BCUT2D eigenvalue weighted by molar-refractivity contribution is -0.909. The van der Waals surface area contributed by atoms with Gasteiger partial charge in [0.25, 0.3) is 0 Å². The zero-order chi connectivity index (χ0) is 38.3. The van der Waals surface area contributed by atoms with E-state index < -0.39 is 53.6 Å². The Morgan fingerprint density at radius 1 is 1.19 bits per heavy atom. The molecule has 0 bridgehead atoms. The van der Waals surface area contributed by atoms with Crippen molar-refractivity contribution >= 4 is 12.1 Å². The average molecular weight is 735 g/mol. The van der Waals surface area contributed by atoms with Crippen LogP contribution in [0.4, 0.5) is 4.79 Å². The third-order valence-corrected chi connectivity index (χ3v) is 11.8. The van der Waals surface area contributed by atoms with E-state index in [0.29, 0.717) is 31.5 Å². The van der Waals surface area contributed by atoms with Crippen LogP contribution >= 0.6 is 0 Å². The van der Waals surface area contributed by atoms with Crippen molar-refractivity contribution < 1.29 is 48.9 Å². The van der Waals surface area contributed by atoms with Gasteiger partial charge in [-0.3, -0.25) is 9.69 Å². The van der Waals surface area contributed by atoms with E-state index in [2.05, 4.69) is 0 Å². The van der Waals surface area contributed by atoms with Gasteiger partial charge in [-0.2, -0.15) is 0 Å². The number of amides is 1. The highest BCUT2D eigenvalue weighted by Crippen LogP contribution is 2.38. The van der Waals surface area contributed by atoms with Crippen LogP contribution in [0.25, 0.3) is 0 Å². The molecule has 0 radical (unpaired) electrons. The number of carbonyl (C=O) groups is 2. The number of hydrogen-bond acceptors (Lipinski definition) is 10. The molecule has 4 rings (SSSR count). The number of esters is 1. The lowest BCUT2D eigenvalue weighted by Gasteiger charge is -2.53. The summed E-state index contributed by atoms with van der Waals surface area (Å²) in [4.78, 5) is 27.9. The van der Waals surface area contributed by atoms with Crippen LogP contribution in [0.5, 0.6) is 0 Å². The Kier molecular flexibility index (Phi) is 15.0. The molecule has 1 aliphatic carbocycles. The third-order valence-electron chi connectivity index (χ3n) is 11.8. The standard InChI is InChI=1S/C40H66N2O10/c1-7-32(44)29(4)37-33(50-37)26-39(5,47)19-12-13-27(2)36-28(3)16-17-34(40(6,48)20-18-31(43)25-35(45)52-36)51-38(46)41-21-23-42(49,24-22-41)30-14-10-8-9-11-15-30/h12-13,16-17,19,28-34,36-37,43-44,47-48H,7-11,14-15,18,20-26H2,1-6H3/b17-16+,19-12+,27-13+/t28-,29+,31+,32-,33-,34-,36+,37+,39-,40+/m0/s1. The number of piperazine rings is 1. The summed E-state index contributed by atoms with van der Waals surface area (Å²) < 4.78 is 17.3. The molecule has 2 saturated heterocycles. The van der Waals surface area contributed by atoms with E-state index in [-0.39, 0.29) is 61.2 Å². The number of carbonyl (C=O) groups excluding carboxylic acids is 2. The number of aliphatic hydroxyl groups is 4. The molecule has 0 aromatic heterocycles. The molecule has 52 heavy (non-hydrogen) atoms. The molecule has 10 atom stereocenters. The monoisotopic (exact) mass is 734 g/mol. The smallest absolute Gasteiger partial charge is 0.410 e. The molecule has 296 valence electrons. The van der Waals surface area contributed by atoms with Gasteiger partial charge in [0.05, 0.1) is 68.7 Å². The van der Waals surface area contributed by atoms with Crippen LogP contribution in [0.2, 0.25) is 0 Å². The summed E-state index contributed by atoms with van der Waals surface area (Å²) in [5.74, 6) is -1.01. The Bertz CT molecular complexity index is 1260. The Hall–Kier alpha value is -2.32. The summed E-state index contributed by atoms with van der Waals surface area (Å²) in [6, 6.07) is 0.0759. The van der Waals surface area contributed by atoms with Crippen LogP contribution in [-0.4, -0.2) is 122 Å².